The number of carbonyl (C=O) groups excluding carboxylic acids is 1. The molecule has 0 aliphatic rings. The smallest absolute Gasteiger partial charge is 0.338 e. The first kappa shape index (κ1) is 26.1. The van der Waals surface area contributed by atoms with Crippen LogP contribution in [0.3, 0.4) is 0 Å². The SMILES string of the molecule is COc1cnc(-c2nn(Cc3ccc(C(=O)OC(C)(C)C)cc3Cl)c3ccccc23)nc1Nc1ccncc1. The fourth-order valence-corrected chi connectivity index (χ4v) is 4.25. The van der Waals surface area contributed by atoms with Gasteiger partial charge in [-0.1, -0.05) is 35.9 Å². The van der Waals surface area contributed by atoms with Gasteiger partial charge in [0, 0.05) is 28.5 Å². The van der Waals surface area contributed by atoms with Crippen LogP contribution in [0, 0.1) is 0 Å². The Morgan fingerprint density at radius 1 is 1.08 bits per heavy atom. The van der Waals surface area contributed by atoms with Gasteiger partial charge in [0.05, 0.1) is 30.9 Å². The molecular weight excluding hydrogens is 516 g/mol. The van der Waals surface area contributed by atoms with E-state index in [1.54, 1.807) is 37.8 Å². The van der Waals surface area contributed by atoms with Crippen LogP contribution in [0.4, 0.5) is 11.5 Å². The third-order valence-corrected chi connectivity index (χ3v) is 6.15. The molecule has 0 amide bonds. The number of aromatic nitrogens is 5. The summed E-state index contributed by atoms with van der Waals surface area (Å²) >= 11 is 6.60. The summed E-state index contributed by atoms with van der Waals surface area (Å²) in [5.41, 5.74) is 2.93. The second-order valence-corrected chi connectivity index (χ2v) is 10.2. The number of anilines is 2. The van der Waals surface area contributed by atoms with Crippen molar-refractivity contribution in [2.45, 2.75) is 32.9 Å². The van der Waals surface area contributed by atoms with Gasteiger partial charge < -0.3 is 14.8 Å². The first-order chi connectivity index (χ1) is 18.7. The van der Waals surface area contributed by atoms with Crippen molar-refractivity contribution in [1.82, 2.24) is 24.7 Å². The summed E-state index contributed by atoms with van der Waals surface area (Å²) in [6.45, 7) is 5.86. The minimum absolute atomic E-state index is 0.381. The normalized spacial score (nSPS) is 11.4. The lowest BCUT2D eigenvalue weighted by Gasteiger charge is -2.19. The number of nitrogens with one attached hydrogen (secondary N) is 1. The molecule has 0 aliphatic carbocycles. The average molecular weight is 543 g/mol. The van der Waals surface area contributed by atoms with Gasteiger partial charge in [0.25, 0.3) is 0 Å². The second-order valence-electron chi connectivity index (χ2n) is 9.80. The Balaban J connectivity index is 1.49. The predicted octanol–water partition coefficient (Wildman–Crippen LogP) is 6.30. The van der Waals surface area contributed by atoms with E-state index in [1.807, 2.05) is 67.9 Å². The van der Waals surface area contributed by atoms with E-state index >= 15 is 0 Å². The summed E-state index contributed by atoms with van der Waals surface area (Å²) in [6, 6.07) is 16.7. The molecule has 10 heteroatoms. The van der Waals surface area contributed by atoms with Gasteiger partial charge in [-0.05, 0) is 56.7 Å². The zero-order valence-corrected chi connectivity index (χ0v) is 22.7. The van der Waals surface area contributed by atoms with Crippen LogP contribution in [0.1, 0.15) is 36.7 Å². The number of para-hydroxylation sites is 1. The first-order valence-corrected chi connectivity index (χ1v) is 12.7. The third-order valence-electron chi connectivity index (χ3n) is 5.80. The van der Waals surface area contributed by atoms with Gasteiger partial charge in [0.15, 0.2) is 17.4 Å². The summed E-state index contributed by atoms with van der Waals surface area (Å²) in [6.07, 6.45) is 5.00. The van der Waals surface area contributed by atoms with Gasteiger partial charge in [-0.2, -0.15) is 5.10 Å². The van der Waals surface area contributed by atoms with Gasteiger partial charge in [0.2, 0.25) is 0 Å². The average Bonchev–Trinajstić information content (AvgIpc) is 3.28. The summed E-state index contributed by atoms with van der Waals surface area (Å²) in [7, 11) is 1.57. The number of esters is 1. The topological polar surface area (TPSA) is 104 Å². The molecule has 0 fully saturated rings. The maximum absolute atomic E-state index is 12.5. The number of nitrogens with zero attached hydrogens (tertiary/aromatic N) is 5. The molecule has 0 unspecified atom stereocenters. The molecule has 0 saturated heterocycles. The van der Waals surface area contributed by atoms with Crippen LogP contribution in [0.5, 0.6) is 5.75 Å². The zero-order valence-electron chi connectivity index (χ0n) is 22.0. The second kappa shape index (κ2) is 10.7. The fourth-order valence-electron chi connectivity index (χ4n) is 4.01. The first-order valence-electron chi connectivity index (χ1n) is 12.3. The van der Waals surface area contributed by atoms with Gasteiger partial charge >= 0.3 is 5.97 Å². The molecular formula is C29H27ClN6O3. The van der Waals surface area contributed by atoms with E-state index in [-0.39, 0.29) is 0 Å². The molecule has 198 valence electrons. The van der Waals surface area contributed by atoms with Crippen LogP contribution >= 0.6 is 11.6 Å². The summed E-state index contributed by atoms with van der Waals surface area (Å²) in [4.78, 5) is 25.8. The predicted molar refractivity (Wildman–Crippen MR) is 151 cm³/mol. The Kier molecular flexibility index (Phi) is 7.17. The third kappa shape index (κ3) is 5.83. The molecule has 0 atom stereocenters. The van der Waals surface area contributed by atoms with Gasteiger partial charge in [-0.3, -0.25) is 9.67 Å². The van der Waals surface area contributed by atoms with E-state index in [9.17, 15) is 4.79 Å². The van der Waals surface area contributed by atoms with Crippen LogP contribution in [-0.2, 0) is 11.3 Å². The minimum Gasteiger partial charge on any atom is -0.491 e. The molecule has 5 aromatic rings. The number of methoxy groups -OCH3 is 1. The van der Waals surface area contributed by atoms with Crippen LogP contribution < -0.4 is 10.1 Å². The Morgan fingerprint density at radius 3 is 2.56 bits per heavy atom. The van der Waals surface area contributed by atoms with Crippen LogP contribution in [0.25, 0.3) is 22.4 Å². The molecule has 0 spiro atoms. The molecule has 0 bridgehead atoms. The van der Waals surface area contributed by atoms with Crippen LogP contribution in [0.2, 0.25) is 5.02 Å². The molecule has 9 nitrogen and oxygen atoms in total. The van der Waals surface area contributed by atoms with Crippen LogP contribution in [0.15, 0.2) is 73.2 Å². The highest BCUT2D eigenvalue weighted by molar-refractivity contribution is 6.31. The van der Waals surface area contributed by atoms with E-state index in [4.69, 9.17) is 31.2 Å². The number of hydrogen-bond donors (Lipinski definition) is 1. The Labute approximate surface area is 230 Å². The quantitative estimate of drug-likeness (QED) is 0.239. The number of pyridine rings is 1. The van der Waals surface area contributed by atoms with E-state index in [2.05, 4.69) is 15.3 Å². The van der Waals surface area contributed by atoms with Gasteiger partial charge in [0.1, 0.15) is 11.3 Å². The summed E-state index contributed by atoms with van der Waals surface area (Å²) in [5.74, 6) is 1.02. The van der Waals surface area contributed by atoms with Crippen molar-refractivity contribution in [3.05, 3.63) is 89.3 Å². The van der Waals surface area contributed by atoms with Gasteiger partial charge in [-0.25, -0.2) is 14.8 Å². The summed E-state index contributed by atoms with van der Waals surface area (Å²) in [5, 5.41) is 9.46. The Hall–Kier alpha value is -4.50. The molecule has 0 radical (unpaired) electrons. The number of halogens is 1. The maximum Gasteiger partial charge on any atom is 0.338 e. The molecule has 0 saturated carbocycles. The van der Waals surface area contributed by atoms with E-state index < -0.39 is 11.6 Å². The van der Waals surface area contributed by atoms with Crippen molar-refractivity contribution in [2.24, 2.45) is 0 Å². The highest BCUT2D eigenvalue weighted by atomic mass is 35.5. The molecule has 3 aromatic heterocycles. The number of carbonyl (C=O) groups is 1. The van der Waals surface area contributed by atoms with E-state index in [1.165, 1.54) is 0 Å². The number of rotatable bonds is 7. The molecule has 39 heavy (non-hydrogen) atoms. The van der Waals surface area contributed by atoms with Crippen molar-refractivity contribution in [1.29, 1.82) is 0 Å². The molecule has 0 aliphatic heterocycles. The summed E-state index contributed by atoms with van der Waals surface area (Å²) < 4.78 is 12.8. The number of hydrogen-bond acceptors (Lipinski definition) is 8. The van der Waals surface area contributed by atoms with Crippen LogP contribution in [-0.4, -0.2) is 43.4 Å². The van der Waals surface area contributed by atoms with E-state index in [0.717, 1.165) is 22.2 Å². The van der Waals surface area contributed by atoms with Crippen molar-refractivity contribution in [3.8, 4) is 17.3 Å². The number of ether oxygens (including phenoxy) is 2. The van der Waals surface area contributed by atoms with Crippen molar-refractivity contribution < 1.29 is 14.3 Å². The molecule has 2 aromatic carbocycles. The lowest BCUT2D eigenvalue weighted by molar-refractivity contribution is 0.00695. The van der Waals surface area contributed by atoms with Crippen molar-refractivity contribution >= 4 is 40.0 Å². The Bertz CT molecular complexity index is 1650. The molecule has 5 rings (SSSR count). The number of fused-ring (bicyclic) bond motifs is 1. The lowest BCUT2D eigenvalue weighted by atomic mass is 10.1. The molecule has 3 heterocycles. The highest BCUT2D eigenvalue weighted by Gasteiger charge is 2.20. The monoisotopic (exact) mass is 542 g/mol. The fraction of sp³-hybridized carbons (Fsp3) is 0.207. The standard InChI is InChI=1S/C29H27ClN6O3/c1-29(2,3)39-28(37)18-9-10-19(22(30)15-18)17-36-23-8-6-5-7-21(23)25(35-36)27-32-16-24(38-4)26(34-27)33-20-11-13-31-14-12-20/h5-16H,17H2,1-4H3,(H,31,32,33,34). The van der Waals surface area contributed by atoms with Gasteiger partial charge in [-0.15, -0.1) is 0 Å². The zero-order chi connectivity index (χ0) is 27.6. The van der Waals surface area contributed by atoms with Crippen molar-refractivity contribution in [2.75, 3.05) is 12.4 Å². The minimum atomic E-state index is -0.593. The largest absolute Gasteiger partial charge is 0.491 e. The van der Waals surface area contributed by atoms with Crippen molar-refractivity contribution in [3.63, 3.8) is 0 Å². The molecule has 1 N–H and O–H groups in total. The maximum atomic E-state index is 12.5. The van der Waals surface area contributed by atoms with E-state index in [0.29, 0.717) is 40.2 Å². The Morgan fingerprint density at radius 2 is 1.85 bits per heavy atom. The number of benzene rings is 2. The lowest BCUT2D eigenvalue weighted by Crippen LogP contribution is -2.23. The highest BCUT2D eigenvalue weighted by Crippen LogP contribution is 2.31.